The van der Waals surface area contributed by atoms with Crippen molar-refractivity contribution in [3.63, 3.8) is 0 Å². The lowest BCUT2D eigenvalue weighted by Gasteiger charge is -2.11. The summed E-state index contributed by atoms with van der Waals surface area (Å²) >= 11 is 7.37. The number of nitrogens with one attached hydrogen (secondary N) is 1. The third kappa shape index (κ3) is 3.23. The standard InChI is InChI=1S/C10H14ClN3OS/c1-16-10-13-8(11)5-9(14-10)12-6-7-3-2-4-15-7/h5,7H,2-4,6H2,1H3,(H,12,13,14). The van der Waals surface area contributed by atoms with Gasteiger partial charge in [0, 0.05) is 19.2 Å². The second kappa shape index (κ2) is 5.70. The number of rotatable bonds is 4. The number of hydrogen-bond donors (Lipinski definition) is 1. The van der Waals surface area contributed by atoms with E-state index in [0.29, 0.717) is 16.4 Å². The van der Waals surface area contributed by atoms with E-state index in [1.165, 1.54) is 11.8 Å². The number of aromatic nitrogens is 2. The van der Waals surface area contributed by atoms with Crippen LogP contribution in [0.1, 0.15) is 12.8 Å². The first-order valence-corrected chi connectivity index (χ1v) is 6.82. The molecule has 0 aromatic carbocycles. The van der Waals surface area contributed by atoms with Gasteiger partial charge in [-0.25, -0.2) is 9.97 Å². The molecule has 1 aliphatic heterocycles. The Morgan fingerprint density at radius 3 is 3.19 bits per heavy atom. The van der Waals surface area contributed by atoms with Gasteiger partial charge in [-0.2, -0.15) is 0 Å². The van der Waals surface area contributed by atoms with Crippen molar-refractivity contribution in [2.45, 2.75) is 24.1 Å². The molecule has 88 valence electrons. The smallest absolute Gasteiger partial charge is 0.190 e. The van der Waals surface area contributed by atoms with E-state index in [2.05, 4.69) is 15.3 Å². The number of anilines is 1. The molecule has 0 bridgehead atoms. The molecule has 1 aliphatic rings. The Morgan fingerprint density at radius 2 is 2.50 bits per heavy atom. The van der Waals surface area contributed by atoms with Crippen LogP contribution in [0.15, 0.2) is 11.2 Å². The van der Waals surface area contributed by atoms with Crippen LogP contribution >= 0.6 is 23.4 Å². The molecule has 1 fully saturated rings. The Kier molecular flexibility index (Phi) is 4.26. The summed E-state index contributed by atoms with van der Waals surface area (Å²) in [6.07, 6.45) is 4.48. The van der Waals surface area contributed by atoms with Crippen molar-refractivity contribution >= 4 is 29.2 Å². The first-order chi connectivity index (χ1) is 7.78. The zero-order valence-electron chi connectivity index (χ0n) is 9.07. The zero-order chi connectivity index (χ0) is 11.4. The second-order valence-electron chi connectivity index (χ2n) is 3.58. The highest BCUT2D eigenvalue weighted by Crippen LogP contribution is 2.18. The van der Waals surface area contributed by atoms with E-state index in [1.807, 2.05) is 6.26 Å². The Bertz CT molecular complexity index is 358. The van der Waals surface area contributed by atoms with Gasteiger partial charge in [-0.1, -0.05) is 23.4 Å². The maximum Gasteiger partial charge on any atom is 0.190 e. The first kappa shape index (κ1) is 12.0. The molecule has 1 aromatic rings. The fourth-order valence-electron chi connectivity index (χ4n) is 1.60. The van der Waals surface area contributed by atoms with Crippen LogP contribution in [0.3, 0.4) is 0 Å². The monoisotopic (exact) mass is 259 g/mol. The predicted molar refractivity (Wildman–Crippen MR) is 66.3 cm³/mol. The van der Waals surface area contributed by atoms with E-state index in [4.69, 9.17) is 16.3 Å². The summed E-state index contributed by atoms with van der Waals surface area (Å²) in [4.78, 5) is 8.39. The molecule has 2 rings (SSSR count). The molecular weight excluding hydrogens is 246 g/mol. The number of nitrogens with zero attached hydrogens (tertiary/aromatic N) is 2. The Hall–Kier alpha value is -0.520. The highest BCUT2D eigenvalue weighted by atomic mass is 35.5. The van der Waals surface area contributed by atoms with Crippen LogP contribution in [0.5, 0.6) is 0 Å². The van der Waals surface area contributed by atoms with Gasteiger partial charge < -0.3 is 10.1 Å². The molecule has 16 heavy (non-hydrogen) atoms. The molecule has 6 heteroatoms. The fraction of sp³-hybridized carbons (Fsp3) is 0.600. The van der Waals surface area contributed by atoms with Crippen LogP contribution in [0, 0.1) is 0 Å². The molecule has 4 nitrogen and oxygen atoms in total. The summed E-state index contributed by atoms with van der Waals surface area (Å²) in [6.45, 7) is 1.65. The largest absolute Gasteiger partial charge is 0.376 e. The lowest BCUT2D eigenvalue weighted by atomic mass is 10.2. The number of ether oxygens (including phenoxy) is 1. The van der Waals surface area contributed by atoms with E-state index in [-0.39, 0.29) is 0 Å². The predicted octanol–water partition coefficient (Wildman–Crippen LogP) is 2.44. The van der Waals surface area contributed by atoms with Gasteiger partial charge in [-0.15, -0.1) is 0 Å². The first-order valence-electron chi connectivity index (χ1n) is 5.22. The third-order valence-electron chi connectivity index (χ3n) is 2.39. The average Bonchev–Trinajstić information content (AvgIpc) is 2.78. The summed E-state index contributed by atoms with van der Waals surface area (Å²) in [5.41, 5.74) is 0. The van der Waals surface area contributed by atoms with Crippen molar-refractivity contribution < 1.29 is 4.74 Å². The van der Waals surface area contributed by atoms with Crippen molar-refractivity contribution in [1.29, 1.82) is 0 Å². The summed E-state index contributed by atoms with van der Waals surface area (Å²) in [5.74, 6) is 0.764. The second-order valence-corrected chi connectivity index (χ2v) is 4.74. The Labute approximate surface area is 104 Å². The quantitative estimate of drug-likeness (QED) is 0.511. The van der Waals surface area contributed by atoms with Crippen molar-refractivity contribution in [2.24, 2.45) is 0 Å². The molecular formula is C10H14ClN3OS. The van der Waals surface area contributed by atoms with Gasteiger partial charge in [0.1, 0.15) is 11.0 Å². The third-order valence-corrected chi connectivity index (χ3v) is 3.13. The van der Waals surface area contributed by atoms with Crippen LogP contribution < -0.4 is 5.32 Å². The van der Waals surface area contributed by atoms with E-state index in [1.54, 1.807) is 6.07 Å². The van der Waals surface area contributed by atoms with Gasteiger partial charge in [0.2, 0.25) is 0 Å². The summed E-state index contributed by atoms with van der Waals surface area (Å²) < 4.78 is 5.52. The van der Waals surface area contributed by atoms with Gasteiger partial charge in [0.25, 0.3) is 0 Å². The molecule has 1 aromatic heterocycles. The summed E-state index contributed by atoms with van der Waals surface area (Å²) in [5, 5.41) is 4.38. The number of hydrogen-bond acceptors (Lipinski definition) is 5. The highest BCUT2D eigenvalue weighted by Gasteiger charge is 2.15. The number of thioether (sulfide) groups is 1. The van der Waals surface area contributed by atoms with Crippen LogP contribution in [-0.2, 0) is 4.74 Å². The van der Waals surface area contributed by atoms with Crippen molar-refractivity contribution in [3.05, 3.63) is 11.2 Å². The van der Waals surface area contributed by atoms with Crippen molar-refractivity contribution in [2.75, 3.05) is 24.7 Å². The van der Waals surface area contributed by atoms with E-state index in [0.717, 1.165) is 31.8 Å². The Balaban J connectivity index is 1.94. The molecule has 1 atom stereocenters. The summed E-state index contributed by atoms with van der Waals surface area (Å²) in [6, 6.07) is 1.73. The van der Waals surface area contributed by atoms with Gasteiger partial charge >= 0.3 is 0 Å². The van der Waals surface area contributed by atoms with E-state index < -0.39 is 0 Å². The molecule has 0 spiro atoms. The Morgan fingerprint density at radius 1 is 1.62 bits per heavy atom. The maximum absolute atomic E-state index is 5.89. The van der Waals surface area contributed by atoms with E-state index >= 15 is 0 Å². The molecule has 2 heterocycles. The van der Waals surface area contributed by atoms with Crippen molar-refractivity contribution in [1.82, 2.24) is 9.97 Å². The fourth-order valence-corrected chi connectivity index (χ4v) is 2.22. The minimum Gasteiger partial charge on any atom is -0.376 e. The normalized spacial score (nSPS) is 20.0. The van der Waals surface area contributed by atoms with Gasteiger partial charge in [0.15, 0.2) is 5.16 Å². The average molecular weight is 260 g/mol. The molecule has 1 N–H and O–H groups in total. The molecule has 0 saturated carbocycles. The molecule has 0 radical (unpaired) electrons. The topological polar surface area (TPSA) is 47.0 Å². The minimum absolute atomic E-state index is 0.298. The van der Waals surface area contributed by atoms with Crippen LogP contribution in [0.4, 0.5) is 5.82 Å². The summed E-state index contributed by atoms with van der Waals surface area (Å²) in [7, 11) is 0. The maximum atomic E-state index is 5.89. The molecule has 1 saturated heterocycles. The van der Waals surface area contributed by atoms with Crippen LogP contribution in [0.25, 0.3) is 0 Å². The highest BCUT2D eigenvalue weighted by molar-refractivity contribution is 7.98. The van der Waals surface area contributed by atoms with Gasteiger partial charge in [0.05, 0.1) is 6.10 Å². The van der Waals surface area contributed by atoms with Crippen LogP contribution in [0.2, 0.25) is 5.15 Å². The molecule has 0 amide bonds. The SMILES string of the molecule is CSc1nc(Cl)cc(NCC2CCCO2)n1. The van der Waals surface area contributed by atoms with E-state index in [9.17, 15) is 0 Å². The van der Waals surface area contributed by atoms with Crippen LogP contribution in [-0.4, -0.2) is 35.5 Å². The van der Waals surface area contributed by atoms with Crippen molar-refractivity contribution in [3.8, 4) is 0 Å². The zero-order valence-corrected chi connectivity index (χ0v) is 10.6. The lowest BCUT2D eigenvalue weighted by Crippen LogP contribution is -2.19. The lowest BCUT2D eigenvalue weighted by molar-refractivity contribution is 0.120. The minimum atomic E-state index is 0.298. The molecule has 1 unspecified atom stereocenters. The van der Waals surface area contributed by atoms with Gasteiger partial charge in [-0.3, -0.25) is 0 Å². The number of halogens is 1. The van der Waals surface area contributed by atoms with Gasteiger partial charge in [-0.05, 0) is 19.1 Å². The molecule has 0 aliphatic carbocycles.